The summed E-state index contributed by atoms with van der Waals surface area (Å²) < 4.78 is 4.92. The number of methoxy groups -OCH3 is 1. The van der Waals surface area contributed by atoms with Gasteiger partial charge < -0.3 is 15.4 Å². The third kappa shape index (κ3) is 4.53. The van der Waals surface area contributed by atoms with Gasteiger partial charge in [0.2, 0.25) is 0 Å². The minimum Gasteiger partial charge on any atom is -0.465 e. The molecule has 156 valence electrons. The maximum absolute atomic E-state index is 12.0. The topological polar surface area (TPSA) is 50.4 Å². The monoisotopic (exact) mass is 386 g/mol. The second-order valence-electron chi connectivity index (χ2n) is 9.42. The molecule has 0 radical (unpaired) electrons. The average Bonchev–Trinajstić information content (AvgIpc) is 2.68. The Morgan fingerprint density at radius 3 is 2.79 bits per heavy atom. The quantitative estimate of drug-likeness (QED) is 0.616. The molecule has 1 aliphatic carbocycles. The van der Waals surface area contributed by atoms with Crippen LogP contribution in [0.3, 0.4) is 0 Å². The SMILES string of the molecule is CCCCC1(C)CCC(NC2CC(C)Nc3ccc(C(=O)OC)cc32)CC1C. The number of ether oxygens (including phenoxy) is 1. The molecule has 5 unspecified atom stereocenters. The van der Waals surface area contributed by atoms with E-state index >= 15 is 0 Å². The first-order valence-corrected chi connectivity index (χ1v) is 11.1. The molecule has 1 aliphatic heterocycles. The number of rotatable bonds is 6. The van der Waals surface area contributed by atoms with E-state index in [9.17, 15) is 4.79 Å². The maximum atomic E-state index is 12.0. The molecule has 0 aromatic heterocycles. The van der Waals surface area contributed by atoms with E-state index in [2.05, 4.69) is 38.3 Å². The molecule has 1 aromatic carbocycles. The molecule has 1 saturated carbocycles. The van der Waals surface area contributed by atoms with Crippen molar-refractivity contribution in [2.45, 2.75) is 90.8 Å². The van der Waals surface area contributed by atoms with Gasteiger partial charge in [-0.3, -0.25) is 0 Å². The fourth-order valence-electron chi connectivity index (χ4n) is 5.16. The summed E-state index contributed by atoms with van der Waals surface area (Å²) in [5, 5.41) is 7.52. The molecule has 4 nitrogen and oxygen atoms in total. The molecule has 0 spiro atoms. The van der Waals surface area contributed by atoms with Gasteiger partial charge in [-0.25, -0.2) is 4.79 Å². The van der Waals surface area contributed by atoms with Crippen molar-refractivity contribution in [3.8, 4) is 0 Å². The molecular weight excluding hydrogens is 348 g/mol. The summed E-state index contributed by atoms with van der Waals surface area (Å²) in [5.74, 6) is 0.475. The van der Waals surface area contributed by atoms with Crippen LogP contribution >= 0.6 is 0 Å². The Morgan fingerprint density at radius 2 is 2.11 bits per heavy atom. The lowest BCUT2D eigenvalue weighted by atomic mass is 9.64. The summed E-state index contributed by atoms with van der Waals surface area (Å²) in [6.45, 7) is 9.46. The first-order valence-electron chi connectivity index (χ1n) is 11.1. The van der Waals surface area contributed by atoms with Crippen LogP contribution in [0.25, 0.3) is 0 Å². The van der Waals surface area contributed by atoms with E-state index in [0.717, 1.165) is 18.0 Å². The van der Waals surface area contributed by atoms with Gasteiger partial charge in [0.1, 0.15) is 0 Å². The Labute approximate surface area is 170 Å². The maximum Gasteiger partial charge on any atom is 0.337 e. The summed E-state index contributed by atoms with van der Waals surface area (Å²) in [7, 11) is 1.44. The zero-order valence-electron chi connectivity index (χ0n) is 18.3. The number of unbranched alkanes of at least 4 members (excludes halogenated alkanes) is 1. The van der Waals surface area contributed by atoms with Gasteiger partial charge in [-0.2, -0.15) is 0 Å². The van der Waals surface area contributed by atoms with Gasteiger partial charge in [-0.05, 0) is 74.1 Å². The fourth-order valence-corrected chi connectivity index (χ4v) is 5.16. The van der Waals surface area contributed by atoms with Crippen LogP contribution in [0.4, 0.5) is 5.69 Å². The molecule has 2 aliphatic rings. The van der Waals surface area contributed by atoms with Crippen LogP contribution in [0, 0.1) is 11.3 Å². The zero-order chi connectivity index (χ0) is 20.3. The highest BCUT2D eigenvalue weighted by molar-refractivity contribution is 5.90. The van der Waals surface area contributed by atoms with Crippen molar-refractivity contribution in [2.24, 2.45) is 11.3 Å². The first-order chi connectivity index (χ1) is 13.4. The average molecular weight is 387 g/mol. The summed E-state index contributed by atoms with van der Waals surface area (Å²) in [4.78, 5) is 12.0. The Hall–Kier alpha value is -1.55. The molecule has 2 N–H and O–H groups in total. The largest absolute Gasteiger partial charge is 0.465 e. The fraction of sp³-hybridized carbons (Fsp3) is 0.708. The van der Waals surface area contributed by atoms with E-state index in [4.69, 9.17) is 4.74 Å². The number of carbonyl (C=O) groups excluding carboxylic acids is 1. The number of esters is 1. The van der Waals surface area contributed by atoms with Crippen LogP contribution in [0.5, 0.6) is 0 Å². The standard InChI is InChI=1S/C24H38N2O2/c1-6-7-11-24(4)12-10-19(13-16(24)2)26-22-14-17(3)25-21-9-8-18(15-20(21)22)23(27)28-5/h8-9,15-17,19,22,25-26H,6-7,10-14H2,1-5H3. The van der Waals surface area contributed by atoms with Crippen molar-refractivity contribution in [2.75, 3.05) is 12.4 Å². The number of anilines is 1. The van der Waals surface area contributed by atoms with Crippen molar-refractivity contribution in [3.63, 3.8) is 0 Å². The predicted molar refractivity (Wildman–Crippen MR) is 116 cm³/mol. The lowest BCUT2D eigenvalue weighted by Crippen LogP contribution is -2.44. The molecular formula is C24H38N2O2. The second-order valence-corrected chi connectivity index (χ2v) is 9.42. The first kappa shape index (κ1) is 21.2. The van der Waals surface area contributed by atoms with Crippen molar-refractivity contribution in [1.29, 1.82) is 0 Å². The Bertz CT molecular complexity index is 689. The molecule has 3 rings (SSSR count). The molecule has 0 saturated heterocycles. The minimum absolute atomic E-state index is 0.266. The molecule has 1 fully saturated rings. The Balaban J connectivity index is 1.72. The van der Waals surface area contributed by atoms with Crippen molar-refractivity contribution in [1.82, 2.24) is 5.32 Å². The number of nitrogens with one attached hydrogen (secondary N) is 2. The molecule has 1 aromatic rings. The van der Waals surface area contributed by atoms with Crippen LogP contribution in [0.15, 0.2) is 18.2 Å². The normalized spacial score (nSPS) is 32.3. The van der Waals surface area contributed by atoms with Crippen molar-refractivity contribution >= 4 is 11.7 Å². The van der Waals surface area contributed by atoms with Crippen LogP contribution in [-0.2, 0) is 4.74 Å². The highest BCUT2D eigenvalue weighted by atomic mass is 16.5. The van der Waals surface area contributed by atoms with Gasteiger partial charge in [0.15, 0.2) is 0 Å². The third-order valence-corrected chi connectivity index (χ3v) is 7.27. The minimum atomic E-state index is -0.266. The van der Waals surface area contributed by atoms with E-state index in [1.807, 2.05) is 18.2 Å². The highest BCUT2D eigenvalue weighted by Crippen LogP contribution is 2.45. The van der Waals surface area contributed by atoms with Crippen molar-refractivity contribution < 1.29 is 9.53 Å². The van der Waals surface area contributed by atoms with Crippen LogP contribution < -0.4 is 10.6 Å². The summed E-state index contributed by atoms with van der Waals surface area (Å²) >= 11 is 0. The van der Waals surface area contributed by atoms with E-state index in [-0.39, 0.29) is 12.0 Å². The highest BCUT2D eigenvalue weighted by Gasteiger charge is 2.38. The van der Waals surface area contributed by atoms with E-state index < -0.39 is 0 Å². The van der Waals surface area contributed by atoms with Crippen LogP contribution in [-0.4, -0.2) is 25.2 Å². The van der Waals surface area contributed by atoms with Gasteiger partial charge in [-0.1, -0.05) is 33.6 Å². The van der Waals surface area contributed by atoms with E-state index in [1.54, 1.807) is 0 Å². The van der Waals surface area contributed by atoms with Crippen LogP contribution in [0.2, 0.25) is 0 Å². The Morgan fingerprint density at radius 1 is 1.32 bits per heavy atom. The lowest BCUT2D eigenvalue weighted by Gasteiger charge is -2.45. The summed E-state index contributed by atoms with van der Waals surface area (Å²) in [6.07, 6.45) is 8.81. The van der Waals surface area contributed by atoms with Gasteiger partial charge >= 0.3 is 5.97 Å². The molecule has 5 atom stereocenters. The number of hydrogen-bond acceptors (Lipinski definition) is 4. The second kappa shape index (κ2) is 8.86. The van der Waals surface area contributed by atoms with Crippen LogP contribution in [0.1, 0.15) is 94.6 Å². The molecule has 0 bridgehead atoms. The number of fused-ring (bicyclic) bond motifs is 1. The predicted octanol–water partition coefficient (Wildman–Crippen LogP) is 5.69. The van der Waals surface area contributed by atoms with Gasteiger partial charge in [0.05, 0.1) is 12.7 Å². The number of hydrogen-bond donors (Lipinski definition) is 2. The molecule has 0 amide bonds. The number of benzene rings is 1. The summed E-state index contributed by atoms with van der Waals surface area (Å²) in [5.41, 5.74) is 3.47. The van der Waals surface area contributed by atoms with Gasteiger partial charge in [0.25, 0.3) is 0 Å². The van der Waals surface area contributed by atoms with Gasteiger partial charge in [0, 0.05) is 23.8 Å². The van der Waals surface area contributed by atoms with Crippen molar-refractivity contribution in [3.05, 3.63) is 29.3 Å². The smallest absolute Gasteiger partial charge is 0.337 e. The number of carbonyl (C=O) groups is 1. The molecule has 1 heterocycles. The van der Waals surface area contributed by atoms with E-state index in [1.165, 1.54) is 51.2 Å². The molecule has 4 heteroatoms. The third-order valence-electron chi connectivity index (χ3n) is 7.27. The van der Waals surface area contributed by atoms with E-state index in [0.29, 0.717) is 23.1 Å². The zero-order valence-corrected chi connectivity index (χ0v) is 18.3. The van der Waals surface area contributed by atoms with Gasteiger partial charge in [-0.15, -0.1) is 0 Å². The molecule has 28 heavy (non-hydrogen) atoms. The summed E-state index contributed by atoms with van der Waals surface area (Å²) in [6, 6.07) is 7.15. The Kier molecular flexibility index (Phi) is 6.69. The lowest BCUT2D eigenvalue weighted by molar-refractivity contribution is 0.0600.